The van der Waals surface area contributed by atoms with Crippen molar-refractivity contribution in [2.75, 3.05) is 20.3 Å². The molecular weight excluding hydrogens is 521 g/mol. The number of carbonyl (C=O) groups is 2. The maximum Gasteiger partial charge on any atom is 0.397 e. The van der Waals surface area contributed by atoms with Gasteiger partial charge >= 0.3 is 12.1 Å². The summed E-state index contributed by atoms with van der Waals surface area (Å²) in [5.41, 5.74) is 0.488. The second-order valence-electron chi connectivity index (χ2n) is 12.8. The molecule has 2 aromatic carbocycles. The van der Waals surface area contributed by atoms with E-state index in [2.05, 4.69) is 23.5 Å². The Morgan fingerprint density at radius 1 is 1.02 bits per heavy atom. The molecule has 1 aliphatic heterocycles. The van der Waals surface area contributed by atoms with Gasteiger partial charge in [0, 0.05) is 25.2 Å². The summed E-state index contributed by atoms with van der Waals surface area (Å²) < 4.78 is 50.6. The Bertz CT molecular complexity index is 1260. The number of esters is 1. The minimum atomic E-state index is -4.54. The number of benzene rings is 2. The van der Waals surface area contributed by atoms with E-state index >= 15 is 0 Å². The largest absolute Gasteiger partial charge is 0.497 e. The molecule has 3 aliphatic rings. The quantitative estimate of drug-likeness (QED) is 0.419. The number of nitrogens with one attached hydrogen (secondary N) is 1. The number of hydrogen-bond acceptors (Lipinski definition) is 5. The van der Waals surface area contributed by atoms with Crippen LogP contribution in [-0.2, 0) is 20.9 Å². The Balaban J connectivity index is 1.34. The first-order valence-corrected chi connectivity index (χ1v) is 14.2. The minimum absolute atomic E-state index is 0.0241. The molecule has 0 spiro atoms. The van der Waals surface area contributed by atoms with E-state index in [4.69, 9.17) is 9.47 Å². The minimum Gasteiger partial charge on any atom is -0.497 e. The standard InChI is InChI=1S/C31H39F3N2O4/c1-30(2,3)29(38)40-10-9-23-24-12-19-13-25(28(23)36(17-19)26(37)15-31(32,33)34)27(24)35-16-18-5-6-21-14-22(39-4)8-7-20(21)11-18/h5-8,11,14,19,23-25,27-28,35H,9-10,12-13,15-17H2,1-4H3/t19?,23-,24-,25-,27?,28?/m0/s1. The Labute approximate surface area is 233 Å². The zero-order valence-corrected chi connectivity index (χ0v) is 23.6. The van der Waals surface area contributed by atoms with Gasteiger partial charge in [0.2, 0.25) is 5.91 Å². The fourth-order valence-electron chi connectivity index (χ4n) is 7.33. The van der Waals surface area contributed by atoms with Crippen molar-refractivity contribution in [3.63, 3.8) is 0 Å². The number of ether oxygens (including phenoxy) is 2. The lowest BCUT2D eigenvalue weighted by Gasteiger charge is -2.46. The van der Waals surface area contributed by atoms with Gasteiger partial charge in [-0.3, -0.25) is 9.59 Å². The summed E-state index contributed by atoms with van der Waals surface area (Å²) in [7, 11) is 1.64. The van der Waals surface area contributed by atoms with Crippen LogP contribution in [0.15, 0.2) is 36.4 Å². The molecule has 5 rings (SSSR count). The Kier molecular flexibility index (Phi) is 7.81. The van der Waals surface area contributed by atoms with Crippen LogP contribution in [0.25, 0.3) is 10.8 Å². The van der Waals surface area contributed by atoms with Gasteiger partial charge in [0.05, 0.1) is 19.1 Å². The van der Waals surface area contributed by atoms with Crippen LogP contribution in [0.2, 0.25) is 0 Å². The predicted molar refractivity (Wildman–Crippen MR) is 146 cm³/mol. The highest BCUT2D eigenvalue weighted by Crippen LogP contribution is 2.55. The first-order chi connectivity index (χ1) is 18.8. The third-order valence-corrected chi connectivity index (χ3v) is 9.00. The molecule has 1 amide bonds. The molecule has 3 fully saturated rings. The number of rotatable bonds is 8. The van der Waals surface area contributed by atoms with Crippen LogP contribution in [0.1, 0.15) is 52.0 Å². The van der Waals surface area contributed by atoms with Gasteiger partial charge in [-0.25, -0.2) is 0 Å². The van der Waals surface area contributed by atoms with Gasteiger partial charge in [-0.15, -0.1) is 0 Å². The van der Waals surface area contributed by atoms with Gasteiger partial charge in [0.15, 0.2) is 0 Å². The second-order valence-corrected chi connectivity index (χ2v) is 12.8. The van der Waals surface area contributed by atoms with Gasteiger partial charge in [-0.05, 0) is 98.2 Å². The third-order valence-electron chi connectivity index (χ3n) is 9.00. The van der Waals surface area contributed by atoms with E-state index in [9.17, 15) is 22.8 Å². The Morgan fingerprint density at radius 2 is 1.73 bits per heavy atom. The van der Waals surface area contributed by atoms with Crippen molar-refractivity contribution in [2.45, 2.75) is 71.3 Å². The number of methoxy groups -OCH3 is 1. The third kappa shape index (κ3) is 5.94. The monoisotopic (exact) mass is 560 g/mol. The lowest BCUT2D eigenvalue weighted by Crippen LogP contribution is -2.55. The van der Waals surface area contributed by atoms with Crippen molar-refractivity contribution in [2.24, 2.45) is 29.1 Å². The second kappa shape index (κ2) is 10.9. The molecule has 0 aromatic heterocycles. The van der Waals surface area contributed by atoms with E-state index < -0.39 is 23.9 Å². The normalized spacial score (nSPS) is 27.7. The van der Waals surface area contributed by atoms with E-state index in [0.29, 0.717) is 19.5 Å². The average Bonchev–Trinajstić information content (AvgIpc) is 2.98. The van der Waals surface area contributed by atoms with Crippen LogP contribution in [0.4, 0.5) is 13.2 Å². The molecule has 1 heterocycles. The zero-order chi connectivity index (χ0) is 28.8. The Morgan fingerprint density at radius 3 is 2.42 bits per heavy atom. The average molecular weight is 561 g/mol. The molecule has 6 atom stereocenters. The number of alkyl halides is 3. The number of nitrogens with zero attached hydrogens (tertiary/aromatic N) is 1. The van der Waals surface area contributed by atoms with Crippen molar-refractivity contribution >= 4 is 22.6 Å². The molecule has 2 aliphatic carbocycles. The number of fused-ring (bicyclic) bond motifs is 3. The molecule has 6 nitrogen and oxygen atoms in total. The summed E-state index contributed by atoms with van der Waals surface area (Å²) in [5.74, 6) is 0.110. The molecule has 40 heavy (non-hydrogen) atoms. The first kappa shape index (κ1) is 28.7. The maximum absolute atomic E-state index is 13.2. The van der Waals surface area contributed by atoms with Crippen LogP contribution in [0.3, 0.4) is 0 Å². The van der Waals surface area contributed by atoms with Crippen LogP contribution < -0.4 is 10.1 Å². The van der Waals surface area contributed by atoms with Gasteiger partial charge in [0.1, 0.15) is 12.2 Å². The van der Waals surface area contributed by atoms with Crippen LogP contribution >= 0.6 is 0 Å². The fourth-order valence-corrected chi connectivity index (χ4v) is 7.33. The molecule has 9 heteroatoms. The molecular formula is C31H39F3N2O4. The number of piperidine rings is 1. The summed E-state index contributed by atoms with van der Waals surface area (Å²) in [6.45, 7) is 6.58. The van der Waals surface area contributed by atoms with Gasteiger partial charge < -0.3 is 19.7 Å². The molecule has 2 aromatic rings. The zero-order valence-electron chi connectivity index (χ0n) is 23.6. The van der Waals surface area contributed by atoms with Crippen molar-refractivity contribution in [3.05, 3.63) is 42.0 Å². The highest BCUT2D eigenvalue weighted by atomic mass is 19.4. The number of hydrogen-bond donors (Lipinski definition) is 1. The number of halogens is 3. The Hall–Kier alpha value is -2.81. The molecule has 3 bridgehead atoms. The molecule has 1 N–H and O–H groups in total. The lowest BCUT2D eigenvalue weighted by atomic mass is 9.74. The smallest absolute Gasteiger partial charge is 0.397 e. The predicted octanol–water partition coefficient (Wildman–Crippen LogP) is 5.72. The number of carbonyl (C=O) groups excluding carboxylic acids is 2. The van der Waals surface area contributed by atoms with Crippen molar-refractivity contribution < 1.29 is 32.2 Å². The summed E-state index contributed by atoms with van der Waals surface area (Å²) in [6, 6.07) is 12.0. The number of amides is 1. The summed E-state index contributed by atoms with van der Waals surface area (Å²) in [5, 5.41) is 5.93. The van der Waals surface area contributed by atoms with E-state index in [1.807, 2.05) is 18.2 Å². The van der Waals surface area contributed by atoms with Crippen LogP contribution in [0, 0.1) is 29.1 Å². The highest BCUT2D eigenvalue weighted by molar-refractivity contribution is 5.84. The van der Waals surface area contributed by atoms with Crippen LogP contribution in [0.5, 0.6) is 5.75 Å². The molecule has 2 saturated carbocycles. The van der Waals surface area contributed by atoms with Crippen molar-refractivity contribution in [3.8, 4) is 5.75 Å². The summed E-state index contributed by atoms with van der Waals surface area (Å²) >= 11 is 0. The van der Waals surface area contributed by atoms with Gasteiger partial charge in [-0.1, -0.05) is 18.2 Å². The SMILES string of the molecule is COc1ccc2cc(CNC3[C@@H]4CC5C[C@H]3[C@H](CCOC(=O)C(C)(C)C)C4N(C(=O)CC(F)(F)F)C5)ccc2c1. The van der Waals surface area contributed by atoms with Crippen LogP contribution in [-0.4, -0.2) is 55.3 Å². The van der Waals surface area contributed by atoms with E-state index in [-0.39, 0.29) is 48.3 Å². The van der Waals surface area contributed by atoms with Crippen molar-refractivity contribution in [1.82, 2.24) is 10.2 Å². The van der Waals surface area contributed by atoms with E-state index in [1.54, 1.807) is 27.9 Å². The van der Waals surface area contributed by atoms with Gasteiger partial charge in [-0.2, -0.15) is 13.2 Å². The van der Waals surface area contributed by atoms with E-state index in [0.717, 1.165) is 34.9 Å². The fraction of sp³-hybridized carbons (Fsp3) is 0.613. The number of likely N-dealkylation sites (tertiary alicyclic amines) is 1. The maximum atomic E-state index is 13.2. The van der Waals surface area contributed by atoms with E-state index in [1.165, 1.54) is 4.90 Å². The molecule has 1 saturated heterocycles. The lowest BCUT2D eigenvalue weighted by molar-refractivity contribution is -0.167. The van der Waals surface area contributed by atoms with Crippen molar-refractivity contribution in [1.29, 1.82) is 0 Å². The van der Waals surface area contributed by atoms with Gasteiger partial charge in [0.25, 0.3) is 0 Å². The molecule has 3 unspecified atom stereocenters. The highest BCUT2D eigenvalue weighted by Gasteiger charge is 2.60. The molecule has 0 radical (unpaired) electrons. The topological polar surface area (TPSA) is 67.9 Å². The molecule has 218 valence electrons. The first-order valence-electron chi connectivity index (χ1n) is 14.2. The summed E-state index contributed by atoms with van der Waals surface area (Å²) in [6.07, 6.45) is -3.69. The summed E-state index contributed by atoms with van der Waals surface area (Å²) in [4.78, 5) is 26.8.